The fourth-order valence-electron chi connectivity index (χ4n) is 2.90. The summed E-state index contributed by atoms with van der Waals surface area (Å²) < 4.78 is 0. The monoisotopic (exact) mass is 415 g/mol. The lowest BCUT2D eigenvalue weighted by Gasteiger charge is -2.12. The molecular weight excluding hydrogens is 390 g/mol. The van der Waals surface area contributed by atoms with Gasteiger partial charge >= 0.3 is 0 Å². The Labute approximate surface area is 181 Å². The molecule has 0 spiro atoms. The highest BCUT2D eigenvalue weighted by atomic mass is 16.2. The first-order valence-corrected chi connectivity index (χ1v) is 10.1. The molecule has 0 fully saturated rings. The molecule has 0 aromatic heterocycles. The predicted molar refractivity (Wildman–Crippen MR) is 122 cm³/mol. The third-order valence-electron chi connectivity index (χ3n) is 4.63. The molecule has 6 heteroatoms. The number of benzene rings is 3. The van der Waals surface area contributed by atoms with Gasteiger partial charge in [0, 0.05) is 23.7 Å². The van der Waals surface area contributed by atoms with E-state index in [1.807, 2.05) is 38.1 Å². The third kappa shape index (κ3) is 6.02. The summed E-state index contributed by atoms with van der Waals surface area (Å²) in [6, 6.07) is 23.0. The maximum atomic E-state index is 12.8. The highest BCUT2D eigenvalue weighted by Gasteiger charge is 2.14. The van der Waals surface area contributed by atoms with Crippen molar-refractivity contribution < 1.29 is 14.4 Å². The summed E-state index contributed by atoms with van der Waals surface area (Å²) in [6.45, 7) is 3.94. The van der Waals surface area contributed by atoms with Gasteiger partial charge in [-0.15, -0.1) is 0 Å². The van der Waals surface area contributed by atoms with Gasteiger partial charge in [-0.05, 0) is 42.0 Å². The number of hydrogen-bond donors (Lipinski definition) is 3. The summed E-state index contributed by atoms with van der Waals surface area (Å²) >= 11 is 0. The maximum absolute atomic E-state index is 12.8. The highest BCUT2D eigenvalue weighted by molar-refractivity contribution is 6.09. The molecule has 3 N–H and O–H groups in total. The van der Waals surface area contributed by atoms with Crippen molar-refractivity contribution in [1.29, 1.82) is 0 Å². The smallest absolute Gasteiger partial charge is 0.255 e. The first kappa shape index (κ1) is 21.8. The van der Waals surface area contributed by atoms with Crippen LogP contribution in [0.5, 0.6) is 0 Å². The van der Waals surface area contributed by atoms with E-state index in [0.717, 1.165) is 5.56 Å². The van der Waals surface area contributed by atoms with Crippen LogP contribution in [0.1, 0.15) is 40.1 Å². The first-order chi connectivity index (χ1) is 14.9. The van der Waals surface area contributed by atoms with E-state index < -0.39 is 0 Å². The number of para-hydroxylation sites is 1. The van der Waals surface area contributed by atoms with E-state index in [0.29, 0.717) is 22.5 Å². The lowest BCUT2D eigenvalue weighted by atomic mass is 10.1. The summed E-state index contributed by atoms with van der Waals surface area (Å²) in [5.41, 5.74) is 2.85. The van der Waals surface area contributed by atoms with Gasteiger partial charge in [0.25, 0.3) is 11.8 Å². The molecule has 158 valence electrons. The van der Waals surface area contributed by atoms with Gasteiger partial charge in [-0.25, -0.2) is 0 Å². The molecule has 31 heavy (non-hydrogen) atoms. The minimum atomic E-state index is -0.305. The van der Waals surface area contributed by atoms with E-state index in [4.69, 9.17) is 0 Å². The highest BCUT2D eigenvalue weighted by Crippen LogP contribution is 2.17. The second kappa shape index (κ2) is 10.2. The number of carbonyl (C=O) groups excluding carboxylic acids is 3. The van der Waals surface area contributed by atoms with Crippen LogP contribution in [0.4, 0.5) is 11.4 Å². The maximum Gasteiger partial charge on any atom is 0.255 e. The Morgan fingerprint density at radius 2 is 1.48 bits per heavy atom. The van der Waals surface area contributed by atoms with Crippen molar-refractivity contribution in [2.24, 2.45) is 5.92 Å². The molecule has 0 aliphatic rings. The number of anilines is 2. The van der Waals surface area contributed by atoms with Gasteiger partial charge in [-0.3, -0.25) is 14.4 Å². The standard InChI is InChI=1S/C25H25N3O3/c1-17(2)23(29)27-20-12-8-9-18(15-20)16-26-25(31)21-13-6-7-14-22(21)28-24(30)19-10-4-3-5-11-19/h3-15,17H,16H2,1-2H3,(H,26,31)(H,27,29)(H,28,30). The normalized spacial score (nSPS) is 10.4. The van der Waals surface area contributed by atoms with Gasteiger partial charge in [-0.2, -0.15) is 0 Å². The number of nitrogens with one attached hydrogen (secondary N) is 3. The summed E-state index contributed by atoms with van der Waals surface area (Å²) in [5.74, 6) is -0.773. The second-order valence-electron chi connectivity index (χ2n) is 7.39. The van der Waals surface area contributed by atoms with Gasteiger partial charge in [0.1, 0.15) is 0 Å². The quantitative estimate of drug-likeness (QED) is 0.532. The van der Waals surface area contributed by atoms with Crippen LogP contribution in [0.25, 0.3) is 0 Å². The first-order valence-electron chi connectivity index (χ1n) is 10.1. The van der Waals surface area contributed by atoms with E-state index in [1.165, 1.54) is 0 Å². The molecule has 0 heterocycles. The molecule has 3 amide bonds. The van der Waals surface area contributed by atoms with E-state index in [-0.39, 0.29) is 30.2 Å². The van der Waals surface area contributed by atoms with Crippen molar-refractivity contribution in [2.75, 3.05) is 10.6 Å². The van der Waals surface area contributed by atoms with Gasteiger partial charge in [-0.1, -0.05) is 56.3 Å². The Bertz CT molecular complexity index is 1080. The molecule has 6 nitrogen and oxygen atoms in total. The SMILES string of the molecule is CC(C)C(=O)Nc1cccc(CNC(=O)c2ccccc2NC(=O)c2ccccc2)c1. The van der Waals surface area contributed by atoms with Gasteiger partial charge in [0.05, 0.1) is 11.3 Å². The summed E-state index contributed by atoms with van der Waals surface area (Å²) in [5, 5.41) is 8.52. The average Bonchev–Trinajstić information content (AvgIpc) is 2.78. The molecule has 0 aliphatic heterocycles. The van der Waals surface area contributed by atoms with Crippen molar-refractivity contribution in [3.05, 3.63) is 95.6 Å². The molecule has 0 unspecified atom stereocenters. The zero-order valence-electron chi connectivity index (χ0n) is 17.5. The Kier molecular flexibility index (Phi) is 7.17. The van der Waals surface area contributed by atoms with Crippen LogP contribution in [0, 0.1) is 5.92 Å². The minimum absolute atomic E-state index is 0.0655. The van der Waals surface area contributed by atoms with E-state index in [1.54, 1.807) is 54.6 Å². The third-order valence-corrected chi connectivity index (χ3v) is 4.63. The van der Waals surface area contributed by atoms with Crippen molar-refractivity contribution in [3.63, 3.8) is 0 Å². The Morgan fingerprint density at radius 1 is 0.774 bits per heavy atom. The Balaban J connectivity index is 1.66. The van der Waals surface area contributed by atoms with Crippen molar-refractivity contribution in [1.82, 2.24) is 5.32 Å². The molecule has 0 saturated heterocycles. The second-order valence-corrected chi connectivity index (χ2v) is 7.39. The zero-order valence-corrected chi connectivity index (χ0v) is 17.5. The van der Waals surface area contributed by atoms with Crippen LogP contribution in [-0.2, 0) is 11.3 Å². The summed E-state index contributed by atoms with van der Waals surface area (Å²) in [6.07, 6.45) is 0. The van der Waals surface area contributed by atoms with Gasteiger partial charge in [0.15, 0.2) is 0 Å². The van der Waals surface area contributed by atoms with Crippen LogP contribution < -0.4 is 16.0 Å². The molecule has 3 aromatic rings. The summed E-state index contributed by atoms with van der Waals surface area (Å²) in [4.78, 5) is 37.1. The summed E-state index contributed by atoms with van der Waals surface area (Å²) in [7, 11) is 0. The van der Waals surface area contributed by atoms with E-state index >= 15 is 0 Å². The molecule has 0 bridgehead atoms. The van der Waals surface area contributed by atoms with E-state index in [2.05, 4.69) is 16.0 Å². The molecule has 0 aliphatic carbocycles. The molecular formula is C25H25N3O3. The lowest BCUT2D eigenvalue weighted by molar-refractivity contribution is -0.118. The van der Waals surface area contributed by atoms with Crippen LogP contribution >= 0.6 is 0 Å². The number of rotatable bonds is 7. The molecule has 3 aromatic carbocycles. The molecule has 0 radical (unpaired) electrons. The topological polar surface area (TPSA) is 87.3 Å². The van der Waals surface area contributed by atoms with Crippen LogP contribution in [-0.4, -0.2) is 17.7 Å². The lowest BCUT2D eigenvalue weighted by Crippen LogP contribution is -2.25. The average molecular weight is 415 g/mol. The zero-order chi connectivity index (χ0) is 22.2. The Morgan fingerprint density at radius 3 is 2.23 bits per heavy atom. The fourth-order valence-corrected chi connectivity index (χ4v) is 2.90. The fraction of sp³-hybridized carbons (Fsp3) is 0.160. The minimum Gasteiger partial charge on any atom is -0.348 e. The van der Waals surface area contributed by atoms with Crippen LogP contribution in [0.2, 0.25) is 0 Å². The largest absolute Gasteiger partial charge is 0.348 e. The number of carbonyl (C=O) groups is 3. The molecule has 0 atom stereocenters. The van der Waals surface area contributed by atoms with Crippen LogP contribution in [0.3, 0.4) is 0 Å². The van der Waals surface area contributed by atoms with Crippen molar-refractivity contribution in [2.45, 2.75) is 20.4 Å². The number of hydrogen-bond acceptors (Lipinski definition) is 3. The Hall–Kier alpha value is -3.93. The predicted octanol–water partition coefficient (Wildman–Crippen LogP) is 4.46. The van der Waals surface area contributed by atoms with Gasteiger partial charge < -0.3 is 16.0 Å². The number of amides is 3. The van der Waals surface area contributed by atoms with Crippen LogP contribution in [0.15, 0.2) is 78.9 Å². The molecule has 0 saturated carbocycles. The van der Waals surface area contributed by atoms with E-state index in [9.17, 15) is 14.4 Å². The van der Waals surface area contributed by atoms with Crippen molar-refractivity contribution in [3.8, 4) is 0 Å². The van der Waals surface area contributed by atoms with Gasteiger partial charge in [0.2, 0.25) is 5.91 Å². The molecule has 3 rings (SSSR count). The van der Waals surface area contributed by atoms with Crippen molar-refractivity contribution >= 4 is 29.1 Å².